The SMILES string of the molecule is Cc1ccc(-c2cnc(NC(=O)Cn3c(C)cc(O)cc3=O)s2)c(C)c1. The van der Waals surface area contributed by atoms with Crippen molar-refractivity contribution in [2.24, 2.45) is 0 Å². The van der Waals surface area contributed by atoms with Crippen LogP contribution in [-0.2, 0) is 11.3 Å². The summed E-state index contributed by atoms with van der Waals surface area (Å²) in [5, 5.41) is 12.6. The fourth-order valence-corrected chi connectivity index (χ4v) is 3.69. The molecule has 2 aromatic heterocycles. The number of aromatic nitrogens is 2. The predicted molar refractivity (Wildman–Crippen MR) is 103 cm³/mol. The molecule has 2 heterocycles. The number of nitrogens with zero attached hydrogens (tertiary/aromatic N) is 2. The van der Waals surface area contributed by atoms with Crippen LogP contribution >= 0.6 is 11.3 Å². The van der Waals surface area contributed by atoms with Gasteiger partial charge in [0.15, 0.2) is 5.13 Å². The minimum absolute atomic E-state index is 0.109. The van der Waals surface area contributed by atoms with Gasteiger partial charge in [-0.3, -0.25) is 9.59 Å². The second kappa shape index (κ2) is 7.13. The van der Waals surface area contributed by atoms with E-state index in [2.05, 4.69) is 16.4 Å². The molecule has 2 N–H and O–H groups in total. The highest BCUT2D eigenvalue weighted by atomic mass is 32.1. The van der Waals surface area contributed by atoms with Gasteiger partial charge in [0.1, 0.15) is 12.3 Å². The van der Waals surface area contributed by atoms with Crippen molar-refractivity contribution >= 4 is 22.4 Å². The van der Waals surface area contributed by atoms with Crippen molar-refractivity contribution in [2.75, 3.05) is 5.32 Å². The Morgan fingerprint density at radius 3 is 2.69 bits per heavy atom. The number of carbonyl (C=O) groups excluding carboxylic acids is 1. The Morgan fingerprint density at radius 1 is 1.23 bits per heavy atom. The van der Waals surface area contributed by atoms with Gasteiger partial charge in [0, 0.05) is 18.0 Å². The summed E-state index contributed by atoms with van der Waals surface area (Å²) in [7, 11) is 0. The monoisotopic (exact) mass is 369 g/mol. The van der Waals surface area contributed by atoms with Crippen LogP contribution in [0.2, 0.25) is 0 Å². The van der Waals surface area contributed by atoms with Gasteiger partial charge >= 0.3 is 0 Å². The lowest BCUT2D eigenvalue weighted by molar-refractivity contribution is -0.116. The molecule has 0 aliphatic rings. The molecule has 0 bridgehead atoms. The molecule has 134 valence electrons. The van der Waals surface area contributed by atoms with Crippen LogP contribution < -0.4 is 10.9 Å². The molecule has 6 nitrogen and oxygen atoms in total. The number of aryl methyl sites for hydroxylation is 3. The number of anilines is 1. The van der Waals surface area contributed by atoms with Gasteiger partial charge in [0.2, 0.25) is 5.91 Å². The van der Waals surface area contributed by atoms with Crippen molar-refractivity contribution in [1.29, 1.82) is 0 Å². The maximum Gasteiger partial charge on any atom is 0.254 e. The van der Waals surface area contributed by atoms with Gasteiger partial charge in [-0.25, -0.2) is 4.98 Å². The van der Waals surface area contributed by atoms with E-state index in [1.807, 2.05) is 26.0 Å². The molecular weight excluding hydrogens is 350 g/mol. The van der Waals surface area contributed by atoms with E-state index in [-0.39, 0.29) is 18.2 Å². The molecule has 0 saturated carbocycles. The molecule has 0 saturated heterocycles. The van der Waals surface area contributed by atoms with E-state index in [0.717, 1.165) is 22.1 Å². The summed E-state index contributed by atoms with van der Waals surface area (Å²) in [6.07, 6.45) is 1.73. The van der Waals surface area contributed by atoms with Gasteiger partial charge in [-0.2, -0.15) is 0 Å². The topological polar surface area (TPSA) is 84.2 Å². The zero-order valence-electron chi connectivity index (χ0n) is 14.7. The Bertz CT molecular complexity index is 1040. The highest BCUT2D eigenvalue weighted by molar-refractivity contribution is 7.19. The van der Waals surface area contributed by atoms with Crippen LogP contribution in [0.3, 0.4) is 0 Å². The first-order valence-electron chi connectivity index (χ1n) is 8.07. The number of thiazole rings is 1. The summed E-state index contributed by atoms with van der Waals surface area (Å²) in [4.78, 5) is 29.4. The summed E-state index contributed by atoms with van der Waals surface area (Å²) in [5.74, 6) is -0.454. The third-order valence-electron chi connectivity index (χ3n) is 4.02. The molecule has 26 heavy (non-hydrogen) atoms. The first-order valence-corrected chi connectivity index (χ1v) is 8.89. The standard InChI is InChI=1S/C19H19N3O3S/c1-11-4-5-15(12(2)6-11)16-9-20-19(26-16)21-17(24)10-22-13(3)7-14(23)8-18(22)25/h4-9,23H,10H2,1-3H3,(H,20,21,24). The molecule has 0 fully saturated rings. The molecule has 0 aliphatic carbocycles. The van der Waals surface area contributed by atoms with E-state index in [4.69, 9.17) is 0 Å². The molecule has 0 unspecified atom stereocenters. The zero-order chi connectivity index (χ0) is 18.8. The lowest BCUT2D eigenvalue weighted by Gasteiger charge is -2.09. The number of carbonyl (C=O) groups is 1. The van der Waals surface area contributed by atoms with E-state index in [9.17, 15) is 14.7 Å². The fraction of sp³-hybridized carbons (Fsp3) is 0.211. The second-order valence-corrected chi connectivity index (χ2v) is 7.21. The van der Waals surface area contributed by atoms with Crippen LogP contribution in [0.1, 0.15) is 16.8 Å². The maximum absolute atomic E-state index is 12.3. The van der Waals surface area contributed by atoms with Gasteiger partial charge in [-0.15, -0.1) is 0 Å². The number of amides is 1. The molecular formula is C19H19N3O3S. The third kappa shape index (κ3) is 3.83. The zero-order valence-corrected chi connectivity index (χ0v) is 15.6. The summed E-state index contributed by atoms with van der Waals surface area (Å²) in [5.41, 5.74) is 3.52. The second-order valence-electron chi connectivity index (χ2n) is 6.18. The van der Waals surface area contributed by atoms with Gasteiger partial charge < -0.3 is 15.0 Å². The lowest BCUT2D eigenvalue weighted by Crippen LogP contribution is -2.28. The average Bonchev–Trinajstić information content (AvgIpc) is 2.99. The number of hydrogen-bond donors (Lipinski definition) is 2. The van der Waals surface area contributed by atoms with Crippen molar-refractivity contribution < 1.29 is 9.90 Å². The van der Waals surface area contributed by atoms with Crippen molar-refractivity contribution in [3.63, 3.8) is 0 Å². The van der Waals surface area contributed by atoms with Crippen LogP contribution in [0.4, 0.5) is 5.13 Å². The summed E-state index contributed by atoms with van der Waals surface area (Å²) < 4.78 is 1.30. The molecule has 3 aromatic rings. The van der Waals surface area contributed by atoms with Gasteiger partial charge in [-0.05, 0) is 38.0 Å². The summed E-state index contributed by atoms with van der Waals surface area (Å²) in [6.45, 7) is 5.61. The normalized spacial score (nSPS) is 10.7. The van der Waals surface area contributed by atoms with E-state index >= 15 is 0 Å². The van der Waals surface area contributed by atoms with Gasteiger partial charge in [0.25, 0.3) is 5.56 Å². The van der Waals surface area contributed by atoms with E-state index in [1.54, 1.807) is 13.1 Å². The fourth-order valence-electron chi connectivity index (χ4n) is 2.76. The highest BCUT2D eigenvalue weighted by Crippen LogP contribution is 2.31. The van der Waals surface area contributed by atoms with Crippen molar-refractivity contribution in [1.82, 2.24) is 9.55 Å². The Morgan fingerprint density at radius 2 is 2.00 bits per heavy atom. The quantitative estimate of drug-likeness (QED) is 0.739. The largest absolute Gasteiger partial charge is 0.508 e. The number of hydrogen-bond acceptors (Lipinski definition) is 5. The molecule has 1 aromatic carbocycles. The molecule has 3 rings (SSSR count). The molecule has 0 radical (unpaired) electrons. The average molecular weight is 369 g/mol. The maximum atomic E-state index is 12.3. The number of nitrogens with one attached hydrogen (secondary N) is 1. The third-order valence-corrected chi connectivity index (χ3v) is 4.97. The van der Waals surface area contributed by atoms with Crippen molar-refractivity contribution in [3.05, 3.63) is 63.7 Å². The first kappa shape index (κ1) is 17.9. The van der Waals surface area contributed by atoms with Crippen molar-refractivity contribution in [2.45, 2.75) is 27.3 Å². The Kier molecular flexibility index (Phi) is 4.90. The van der Waals surface area contributed by atoms with Crippen LogP contribution in [0.25, 0.3) is 10.4 Å². The van der Waals surface area contributed by atoms with Crippen molar-refractivity contribution in [3.8, 4) is 16.2 Å². The van der Waals surface area contributed by atoms with Gasteiger partial charge in [0.05, 0.1) is 4.88 Å². The molecule has 7 heteroatoms. The number of aromatic hydroxyl groups is 1. The molecule has 0 spiro atoms. The highest BCUT2D eigenvalue weighted by Gasteiger charge is 2.12. The Balaban J connectivity index is 1.75. The van der Waals surface area contributed by atoms with Crippen LogP contribution in [0, 0.1) is 20.8 Å². The number of pyridine rings is 1. The Labute approximate surface area is 154 Å². The lowest BCUT2D eigenvalue weighted by atomic mass is 10.1. The van der Waals surface area contributed by atoms with Crippen LogP contribution in [0.15, 0.2) is 41.3 Å². The molecule has 0 atom stereocenters. The van der Waals surface area contributed by atoms with E-state index in [1.165, 1.54) is 27.5 Å². The summed E-state index contributed by atoms with van der Waals surface area (Å²) in [6, 6.07) is 8.72. The number of benzene rings is 1. The predicted octanol–water partition coefficient (Wildman–Crippen LogP) is 3.24. The van der Waals surface area contributed by atoms with Crippen LogP contribution in [-0.4, -0.2) is 20.6 Å². The minimum atomic E-state index is -0.423. The van der Waals surface area contributed by atoms with Gasteiger partial charge in [-0.1, -0.05) is 35.1 Å². The van der Waals surface area contributed by atoms with E-state index < -0.39 is 5.56 Å². The molecule has 1 amide bonds. The summed E-state index contributed by atoms with van der Waals surface area (Å²) >= 11 is 1.39. The number of rotatable bonds is 4. The Hall–Kier alpha value is -2.93. The first-order chi connectivity index (χ1) is 12.3. The minimum Gasteiger partial charge on any atom is -0.508 e. The molecule has 0 aliphatic heterocycles. The van der Waals surface area contributed by atoms with Crippen LogP contribution in [0.5, 0.6) is 5.75 Å². The van der Waals surface area contributed by atoms with E-state index in [0.29, 0.717) is 10.8 Å². The smallest absolute Gasteiger partial charge is 0.254 e.